The van der Waals surface area contributed by atoms with Crippen LogP contribution in [0.2, 0.25) is 0 Å². The molecule has 0 aromatic carbocycles. The third kappa shape index (κ3) is 4.40. The van der Waals surface area contributed by atoms with Gasteiger partial charge in [0.2, 0.25) is 0 Å². The van der Waals surface area contributed by atoms with Gasteiger partial charge in [-0.2, -0.15) is 12.7 Å². The Bertz CT molecular complexity index is 860. The molecule has 1 aromatic rings. The van der Waals surface area contributed by atoms with Crippen LogP contribution in [0.25, 0.3) is 0 Å². The van der Waals surface area contributed by atoms with Crippen molar-refractivity contribution in [1.29, 1.82) is 0 Å². The number of amides is 2. The van der Waals surface area contributed by atoms with E-state index in [1.165, 1.54) is 18.7 Å². The number of ether oxygens (including phenoxy) is 1. The molecule has 1 fully saturated rings. The van der Waals surface area contributed by atoms with Crippen molar-refractivity contribution < 1.29 is 32.1 Å². The summed E-state index contributed by atoms with van der Waals surface area (Å²) >= 11 is 1.93. The van der Waals surface area contributed by atoms with Gasteiger partial charge in [0.05, 0.1) is 0 Å². The number of hydrogen-bond donors (Lipinski definition) is 3. The zero-order valence-corrected chi connectivity index (χ0v) is 16.1. The number of hydrogen-bond acceptors (Lipinski definition) is 11. The number of nitrogen functional groups attached to an aromatic ring is 1. The van der Waals surface area contributed by atoms with Gasteiger partial charge in [0, 0.05) is 12.5 Å². The second kappa shape index (κ2) is 9.04. The number of nitrogens with one attached hydrogen (secondary N) is 1. The van der Waals surface area contributed by atoms with E-state index in [-0.39, 0.29) is 50.4 Å². The van der Waals surface area contributed by atoms with Crippen molar-refractivity contribution in [2.24, 2.45) is 5.16 Å². The summed E-state index contributed by atoms with van der Waals surface area (Å²) in [6.07, 6.45) is 1.47. The van der Waals surface area contributed by atoms with Crippen LogP contribution in [-0.2, 0) is 29.5 Å². The first-order valence-electron chi connectivity index (χ1n) is 6.66. The first-order chi connectivity index (χ1) is 12.1. The number of anilines is 1. The molecule has 4 N–H and O–H groups in total. The third-order valence-corrected chi connectivity index (χ3v) is 6.00. The first kappa shape index (κ1) is 24.1. The van der Waals surface area contributed by atoms with Crippen LogP contribution in [-0.4, -0.2) is 101 Å². The summed E-state index contributed by atoms with van der Waals surface area (Å²) in [5, 5.41) is 6.25. The van der Waals surface area contributed by atoms with E-state index in [0.29, 0.717) is 0 Å². The Morgan fingerprint density at radius 3 is 2.59 bits per heavy atom. The van der Waals surface area contributed by atoms with Crippen LogP contribution in [0.15, 0.2) is 10.5 Å². The molecule has 1 aliphatic heterocycles. The monoisotopic (exact) mass is 449 g/mol. The number of oxime groups is 1. The van der Waals surface area contributed by atoms with E-state index >= 15 is 0 Å². The van der Waals surface area contributed by atoms with Crippen LogP contribution in [0.1, 0.15) is 5.69 Å². The van der Waals surface area contributed by atoms with Crippen molar-refractivity contribution in [2.75, 3.05) is 26.2 Å². The summed E-state index contributed by atoms with van der Waals surface area (Å²) in [5.74, 6) is -2.08. The number of β-lactam (4-membered cyclic amide) rings is 1. The molecule has 0 saturated carbocycles. The summed E-state index contributed by atoms with van der Waals surface area (Å²) in [7, 11) is -2.51. The summed E-state index contributed by atoms with van der Waals surface area (Å²) in [6.45, 7) is 0. The Balaban J connectivity index is 0.00000364. The molecule has 0 unspecified atom stereocenters. The number of rotatable bonds is 7. The standard InChI is InChI=1S/C11H15N5O7S3.Na.H/c1-22-11(8(18)16(9(11)24-3)26(19,20)21)14-7(17)6(15-23-2)5-4-25-10(12)13-5;;/h4,9H,1-3H3,(H2,12,13)(H,14,17)(H,19,20,21);;/t9-,11-;;/m1../s1. The quantitative estimate of drug-likeness (QED) is 0.108. The molecule has 0 spiro atoms. The molecule has 0 radical (unpaired) electrons. The molecular weight excluding hydrogens is 433 g/mol. The van der Waals surface area contributed by atoms with Crippen LogP contribution >= 0.6 is 23.1 Å². The maximum atomic E-state index is 12.6. The van der Waals surface area contributed by atoms with Crippen LogP contribution in [0.5, 0.6) is 0 Å². The van der Waals surface area contributed by atoms with Crippen LogP contribution < -0.4 is 11.1 Å². The summed E-state index contributed by atoms with van der Waals surface area (Å²) < 4.78 is 37.2. The Morgan fingerprint density at radius 1 is 1.56 bits per heavy atom. The predicted molar refractivity (Wildman–Crippen MR) is 101 cm³/mol. The topological polar surface area (TPSA) is 174 Å². The molecule has 1 aliphatic rings. The second-order valence-electron chi connectivity index (χ2n) is 4.75. The zero-order valence-electron chi connectivity index (χ0n) is 13.7. The second-order valence-corrected chi connectivity index (χ2v) is 7.85. The average molecular weight is 449 g/mol. The maximum absolute atomic E-state index is 12.6. The van der Waals surface area contributed by atoms with Gasteiger partial charge in [-0.25, -0.2) is 4.98 Å². The number of thioether (sulfide) groups is 1. The van der Waals surface area contributed by atoms with E-state index in [1.54, 1.807) is 0 Å². The van der Waals surface area contributed by atoms with Crippen molar-refractivity contribution >= 4 is 85.6 Å². The van der Waals surface area contributed by atoms with Gasteiger partial charge >= 0.3 is 39.9 Å². The molecule has 1 saturated heterocycles. The number of nitrogens with zero attached hydrogens (tertiary/aromatic N) is 3. The fourth-order valence-corrected chi connectivity index (χ4v) is 4.98. The minimum absolute atomic E-state index is 0. The molecule has 2 atom stereocenters. The van der Waals surface area contributed by atoms with E-state index in [9.17, 15) is 22.6 Å². The van der Waals surface area contributed by atoms with E-state index in [0.717, 1.165) is 30.2 Å². The van der Waals surface area contributed by atoms with E-state index in [4.69, 9.17) is 10.5 Å². The van der Waals surface area contributed by atoms with E-state index < -0.39 is 33.2 Å². The van der Waals surface area contributed by atoms with Gasteiger partial charge in [-0.15, -0.1) is 23.1 Å². The molecule has 2 amide bonds. The number of carbonyl (C=O) groups excluding carboxylic acids is 2. The van der Waals surface area contributed by atoms with Gasteiger partial charge < -0.3 is 20.6 Å². The molecule has 146 valence electrons. The molecule has 0 aliphatic carbocycles. The number of nitrogens with two attached hydrogens (primary N) is 1. The Labute approximate surface area is 185 Å². The van der Waals surface area contributed by atoms with Crippen molar-refractivity contribution in [3.05, 3.63) is 11.1 Å². The Hall–Kier alpha value is -0.940. The minimum atomic E-state index is -4.82. The van der Waals surface area contributed by atoms with Gasteiger partial charge in [-0.3, -0.25) is 14.1 Å². The molecule has 0 bridgehead atoms. The number of aromatic nitrogens is 1. The SMILES string of the molecule is CON=C(C(=O)N[C@@]1(OC)C(=O)N(S(=O)(=O)O)[C@@H]1SC)c1csc(N)n1.[NaH]. The Morgan fingerprint density at radius 2 is 2.19 bits per heavy atom. The molecule has 27 heavy (non-hydrogen) atoms. The zero-order chi connectivity index (χ0) is 19.7. The van der Waals surface area contributed by atoms with Crippen molar-refractivity contribution in [3.63, 3.8) is 0 Å². The van der Waals surface area contributed by atoms with E-state index in [1.807, 2.05) is 0 Å². The number of carbonyl (C=O) groups is 2. The summed E-state index contributed by atoms with van der Waals surface area (Å²) in [4.78, 5) is 33.4. The normalized spacial score (nSPS) is 22.7. The fourth-order valence-electron chi connectivity index (χ4n) is 2.24. The fraction of sp³-hybridized carbons (Fsp3) is 0.455. The third-order valence-electron chi connectivity index (χ3n) is 3.33. The number of thiazole rings is 1. The van der Waals surface area contributed by atoms with Crippen LogP contribution in [0.3, 0.4) is 0 Å². The van der Waals surface area contributed by atoms with Gasteiger partial charge in [-0.05, 0) is 6.26 Å². The Kier molecular flexibility index (Phi) is 8.07. The average Bonchev–Trinajstić information content (AvgIpc) is 2.99. The van der Waals surface area contributed by atoms with Crippen molar-refractivity contribution in [2.45, 2.75) is 11.1 Å². The van der Waals surface area contributed by atoms with Crippen molar-refractivity contribution in [1.82, 2.24) is 14.6 Å². The van der Waals surface area contributed by atoms with Crippen molar-refractivity contribution in [3.8, 4) is 0 Å². The van der Waals surface area contributed by atoms with Gasteiger partial charge in [-0.1, -0.05) is 5.16 Å². The summed E-state index contributed by atoms with van der Waals surface area (Å²) in [5.41, 5.74) is 3.30. The number of methoxy groups -OCH3 is 1. The van der Waals surface area contributed by atoms with Gasteiger partial charge in [0.15, 0.2) is 16.2 Å². The van der Waals surface area contributed by atoms with Gasteiger partial charge in [0.1, 0.15) is 12.8 Å². The molecule has 2 rings (SSSR count). The predicted octanol–water partition coefficient (Wildman–Crippen LogP) is -1.78. The molecule has 12 nitrogen and oxygen atoms in total. The molecular formula is C11H16N5NaO7S3. The molecule has 2 heterocycles. The summed E-state index contributed by atoms with van der Waals surface area (Å²) in [6, 6.07) is 0. The molecule has 16 heteroatoms. The first-order valence-corrected chi connectivity index (χ1v) is 10.2. The van der Waals surface area contributed by atoms with Crippen LogP contribution in [0.4, 0.5) is 5.13 Å². The van der Waals surface area contributed by atoms with Crippen LogP contribution in [0, 0.1) is 0 Å². The van der Waals surface area contributed by atoms with Gasteiger partial charge in [0.25, 0.3) is 17.5 Å². The molecule has 1 aromatic heterocycles. The van der Waals surface area contributed by atoms with E-state index in [2.05, 4.69) is 20.3 Å².